The van der Waals surface area contributed by atoms with Gasteiger partial charge in [-0.15, -0.1) is 0 Å². The standard InChI is InChI=1S/C10H7ClN3O3S2.Pb/c1-14-8(17)2-7(16)13-10(14)18-4-5(15)6-3-12-9(11)19-6;/h3,16H,4H2,1H3;. The Morgan fingerprint density at radius 3 is 2.95 bits per heavy atom. The molecule has 0 bridgehead atoms. The number of ketones is 1. The molecule has 0 saturated heterocycles. The Balaban J connectivity index is 2.16. The molecule has 0 unspecified atom stereocenters. The van der Waals surface area contributed by atoms with Crippen LogP contribution in [0.1, 0.15) is 9.67 Å². The van der Waals surface area contributed by atoms with Crippen molar-refractivity contribution in [3.05, 3.63) is 25.9 Å². The first-order valence-electron chi connectivity index (χ1n) is 5.19. The molecular weight excluding hydrogens is 517 g/mol. The zero-order chi connectivity index (χ0) is 14.9. The van der Waals surface area contributed by atoms with Gasteiger partial charge in [0.05, 0.1) is 0 Å². The molecule has 6 nitrogen and oxygen atoms in total. The van der Waals surface area contributed by atoms with E-state index in [1.165, 1.54) is 10.8 Å². The maximum absolute atomic E-state index is 11.9. The Labute approximate surface area is 142 Å². The molecular formula is C10H7ClN3O3PbS2. The molecule has 10 heteroatoms. The normalized spacial score (nSPS) is 10.8. The average Bonchev–Trinajstić information content (AvgIpc) is 2.85. The second-order valence-electron chi connectivity index (χ2n) is 3.65. The summed E-state index contributed by atoms with van der Waals surface area (Å²) >= 11 is 8.27. The van der Waals surface area contributed by atoms with Gasteiger partial charge in [-0.2, -0.15) is 0 Å². The Morgan fingerprint density at radius 2 is 2.35 bits per heavy atom. The molecule has 2 heterocycles. The molecule has 2 aromatic rings. The van der Waals surface area contributed by atoms with Crippen LogP contribution in [0.4, 0.5) is 0 Å². The van der Waals surface area contributed by atoms with Crippen molar-refractivity contribution in [2.45, 2.75) is 5.16 Å². The second kappa shape index (κ2) is 6.54. The van der Waals surface area contributed by atoms with Crippen LogP contribution in [-0.4, -0.2) is 56.9 Å². The Hall–Kier alpha value is -0.458. The summed E-state index contributed by atoms with van der Waals surface area (Å²) in [7, 11) is 1.56. The van der Waals surface area contributed by atoms with Gasteiger partial charge in [-0.1, -0.05) is 0 Å². The fraction of sp³-hybridized carbons (Fsp3) is 0.200. The van der Waals surface area contributed by atoms with E-state index in [2.05, 4.69) is 9.97 Å². The van der Waals surface area contributed by atoms with Crippen LogP contribution in [0.15, 0.2) is 16.1 Å². The van der Waals surface area contributed by atoms with Gasteiger partial charge in [0.15, 0.2) is 0 Å². The van der Waals surface area contributed by atoms with Crippen molar-refractivity contribution in [1.29, 1.82) is 0 Å². The number of Topliss-reactive ketones (excluding diaryl/α,β-unsaturated/α-hetero) is 1. The molecule has 1 N–H and O–H groups in total. The Kier molecular flexibility index (Phi) is 5.20. The van der Waals surface area contributed by atoms with E-state index in [1.54, 1.807) is 7.05 Å². The first-order chi connectivity index (χ1) is 9.40. The zero-order valence-electron chi connectivity index (χ0n) is 10.1. The van der Waals surface area contributed by atoms with Crippen LogP contribution in [0.2, 0.25) is 4.47 Å². The van der Waals surface area contributed by atoms with Gasteiger partial charge in [-0.25, -0.2) is 0 Å². The summed E-state index contributed by atoms with van der Waals surface area (Å²) in [6, 6.07) is 0. The molecule has 0 fully saturated rings. The summed E-state index contributed by atoms with van der Waals surface area (Å²) < 4.78 is 1.96. The van der Waals surface area contributed by atoms with Crippen molar-refractivity contribution in [1.82, 2.24) is 14.5 Å². The van der Waals surface area contributed by atoms with Crippen LogP contribution in [0.25, 0.3) is 0 Å². The molecule has 3 radical (unpaired) electrons. The van der Waals surface area contributed by atoms with Gasteiger partial charge < -0.3 is 0 Å². The fourth-order valence-electron chi connectivity index (χ4n) is 1.28. The van der Waals surface area contributed by atoms with Gasteiger partial charge in [0.2, 0.25) is 0 Å². The summed E-state index contributed by atoms with van der Waals surface area (Å²) in [5, 5.41) is 9.88. The number of thioether (sulfide) groups is 1. The molecule has 0 amide bonds. The maximum atomic E-state index is 11.9. The van der Waals surface area contributed by atoms with Gasteiger partial charge in [0, 0.05) is 0 Å². The number of thiazole rings is 1. The molecule has 0 saturated carbocycles. The number of carbonyl (C=O) groups excluding carboxylic acids is 1. The number of aromatic hydroxyl groups is 1. The number of rotatable bonds is 4. The van der Waals surface area contributed by atoms with Crippen LogP contribution < -0.4 is 8.68 Å². The number of hydrogen-bond acceptors (Lipinski definition) is 7. The molecule has 0 aliphatic heterocycles. The SMILES string of the molecule is Cn1c(SCC(=O)c2cnc(Cl)s2)nc(O)[c]([Pb])c1=O. The molecule has 0 aliphatic rings. The van der Waals surface area contributed by atoms with E-state index in [1.807, 2.05) is 0 Å². The summed E-state index contributed by atoms with van der Waals surface area (Å²) in [5.41, 5.74) is -0.278. The third-order valence-electron chi connectivity index (χ3n) is 2.32. The van der Waals surface area contributed by atoms with Crippen LogP contribution in [0.3, 0.4) is 0 Å². The van der Waals surface area contributed by atoms with Crippen molar-refractivity contribution in [3.8, 4) is 5.88 Å². The van der Waals surface area contributed by atoms with Crippen molar-refractivity contribution in [2.24, 2.45) is 7.05 Å². The predicted molar refractivity (Wildman–Crippen MR) is 78.7 cm³/mol. The van der Waals surface area contributed by atoms with E-state index >= 15 is 0 Å². The van der Waals surface area contributed by atoms with Crippen molar-refractivity contribution in [2.75, 3.05) is 5.75 Å². The summed E-state index contributed by atoms with van der Waals surface area (Å²) in [6.45, 7) is 0. The van der Waals surface area contributed by atoms with Gasteiger partial charge in [0.1, 0.15) is 0 Å². The Bertz CT molecular complexity index is 731. The summed E-state index contributed by atoms with van der Waals surface area (Å²) in [6.07, 6.45) is 1.42. The quantitative estimate of drug-likeness (QED) is 0.270. The second-order valence-corrected chi connectivity index (χ2v) is 8.15. The summed E-state index contributed by atoms with van der Waals surface area (Å²) in [4.78, 5) is 31.9. The molecule has 0 spiro atoms. The van der Waals surface area contributed by atoms with Crippen molar-refractivity contribution in [3.63, 3.8) is 0 Å². The van der Waals surface area contributed by atoms with Crippen molar-refractivity contribution >= 4 is 69.4 Å². The van der Waals surface area contributed by atoms with Gasteiger partial charge in [-0.3, -0.25) is 0 Å². The fourth-order valence-corrected chi connectivity index (χ4v) is 3.96. The first-order valence-corrected chi connectivity index (χ1v) is 9.31. The molecule has 0 aliphatic carbocycles. The van der Waals surface area contributed by atoms with E-state index in [0.29, 0.717) is 43.4 Å². The molecule has 20 heavy (non-hydrogen) atoms. The van der Waals surface area contributed by atoms with Gasteiger partial charge in [0.25, 0.3) is 0 Å². The molecule has 103 valence electrons. The Morgan fingerprint density at radius 1 is 1.65 bits per heavy atom. The number of nitrogens with zero attached hydrogens (tertiary/aromatic N) is 3. The minimum absolute atomic E-state index is 0.0960. The van der Waals surface area contributed by atoms with Crippen LogP contribution in [0.5, 0.6) is 5.88 Å². The van der Waals surface area contributed by atoms with E-state index in [4.69, 9.17) is 11.6 Å². The third kappa shape index (κ3) is 3.41. The summed E-state index contributed by atoms with van der Waals surface area (Å²) in [5.74, 6) is -0.308. The molecule has 2 rings (SSSR count). The predicted octanol–water partition coefficient (Wildman–Crippen LogP) is 0.365. The molecule has 2 aromatic heterocycles. The number of halogens is 1. The van der Waals surface area contributed by atoms with E-state index in [-0.39, 0.29) is 23.0 Å². The number of hydrogen-bond donors (Lipinski definition) is 1. The molecule has 0 atom stereocenters. The van der Waals surface area contributed by atoms with E-state index < -0.39 is 0 Å². The van der Waals surface area contributed by atoms with Gasteiger partial charge >= 0.3 is 144 Å². The van der Waals surface area contributed by atoms with Crippen LogP contribution in [-0.2, 0) is 7.05 Å². The number of carbonyl (C=O) groups is 1. The van der Waals surface area contributed by atoms with Gasteiger partial charge in [-0.05, 0) is 0 Å². The topological polar surface area (TPSA) is 85.1 Å². The first kappa shape index (κ1) is 15.9. The van der Waals surface area contributed by atoms with Crippen molar-refractivity contribution < 1.29 is 9.90 Å². The van der Waals surface area contributed by atoms with Crippen LogP contribution >= 0.6 is 34.7 Å². The monoisotopic (exact) mass is 524 g/mol. The van der Waals surface area contributed by atoms with Crippen LogP contribution in [0, 0.1) is 0 Å². The molecule has 0 aromatic carbocycles. The third-order valence-corrected chi connectivity index (χ3v) is 6.20. The minimum atomic E-state index is -0.278. The van der Waals surface area contributed by atoms with E-state index in [0.717, 1.165) is 23.1 Å². The number of aromatic nitrogens is 3. The van der Waals surface area contributed by atoms with E-state index in [9.17, 15) is 14.7 Å². The zero-order valence-corrected chi connectivity index (χ0v) is 16.4. The average molecular weight is 524 g/mol.